The predicted molar refractivity (Wildman–Crippen MR) is 83.8 cm³/mol. The quantitative estimate of drug-likeness (QED) is 0.771. The van der Waals surface area contributed by atoms with E-state index in [0.29, 0.717) is 25.4 Å². The highest BCUT2D eigenvalue weighted by Crippen LogP contribution is 2.31. The average molecular weight is 309 g/mol. The number of ether oxygens (including phenoxy) is 2. The molecule has 2 rings (SSSR count). The van der Waals surface area contributed by atoms with E-state index in [1.54, 1.807) is 24.1 Å². The summed E-state index contributed by atoms with van der Waals surface area (Å²) in [5.74, 6) is 0.0316. The van der Waals surface area contributed by atoms with Gasteiger partial charge in [-0.25, -0.2) is 0 Å². The lowest BCUT2D eigenvalue weighted by molar-refractivity contribution is 0.00246. The molecular weight excluding hydrogens is 282 g/mol. The van der Waals surface area contributed by atoms with Crippen LogP contribution in [0.15, 0.2) is 12.3 Å². The molecule has 1 saturated heterocycles. The predicted octanol–water partition coefficient (Wildman–Crippen LogP) is 1.81. The minimum absolute atomic E-state index is 0.0316. The van der Waals surface area contributed by atoms with Crippen molar-refractivity contribution in [3.63, 3.8) is 0 Å². The molecule has 22 heavy (non-hydrogen) atoms. The van der Waals surface area contributed by atoms with E-state index in [9.17, 15) is 4.79 Å². The maximum atomic E-state index is 12.9. The van der Waals surface area contributed by atoms with Crippen molar-refractivity contribution in [1.29, 1.82) is 0 Å². The van der Waals surface area contributed by atoms with E-state index >= 15 is 0 Å². The van der Waals surface area contributed by atoms with Gasteiger partial charge in [-0.05, 0) is 31.2 Å². The van der Waals surface area contributed by atoms with Gasteiger partial charge >= 0.3 is 0 Å². The van der Waals surface area contributed by atoms with Crippen molar-refractivity contribution in [3.8, 4) is 0 Å². The fraction of sp³-hybridized carbons (Fsp3) is 0.750. The van der Waals surface area contributed by atoms with Gasteiger partial charge in [0.25, 0.3) is 5.91 Å². The Morgan fingerprint density at radius 2 is 2.23 bits per heavy atom. The van der Waals surface area contributed by atoms with Crippen LogP contribution in [0.5, 0.6) is 0 Å². The number of aromatic nitrogens is 2. The summed E-state index contributed by atoms with van der Waals surface area (Å²) < 4.78 is 12.4. The zero-order chi connectivity index (χ0) is 16.0. The molecule has 0 aromatic carbocycles. The molecule has 1 fully saturated rings. The van der Waals surface area contributed by atoms with Crippen molar-refractivity contribution in [1.82, 2.24) is 14.7 Å². The zero-order valence-corrected chi connectivity index (χ0v) is 13.9. The van der Waals surface area contributed by atoms with Crippen LogP contribution in [-0.2, 0) is 16.0 Å². The maximum Gasteiger partial charge on any atom is 0.272 e. The molecule has 1 aromatic heterocycles. The molecule has 1 aliphatic rings. The first-order valence-electron chi connectivity index (χ1n) is 7.97. The summed E-state index contributed by atoms with van der Waals surface area (Å²) in [6, 6.07) is 1.79. The highest BCUT2D eigenvalue weighted by atomic mass is 16.5. The second-order valence-electron chi connectivity index (χ2n) is 6.17. The number of rotatable bonds is 7. The van der Waals surface area contributed by atoms with E-state index < -0.39 is 0 Å². The van der Waals surface area contributed by atoms with Gasteiger partial charge < -0.3 is 14.4 Å². The lowest BCUT2D eigenvalue weighted by Gasteiger charge is -2.38. The lowest BCUT2D eigenvalue weighted by atomic mass is 9.82. The first-order valence-corrected chi connectivity index (χ1v) is 7.97. The van der Waals surface area contributed by atoms with Crippen molar-refractivity contribution >= 4 is 5.91 Å². The van der Waals surface area contributed by atoms with Gasteiger partial charge in [-0.3, -0.25) is 9.48 Å². The Morgan fingerprint density at radius 3 is 2.86 bits per heavy atom. The van der Waals surface area contributed by atoms with Gasteiger partial charge in [-0.2, -0.15) is 5.10 Å². The van der Waals surface area contributed by atoms with Crippen LogP contribution in [0.25, 0.3) is 0 Å². The van der Waals surface area contributed by atoms with Crippen molar-refractivity contribution in [2.75, 3.05) is 40.0 Å². The van der Waals surface area contributed by atoms with E-state index in [2.05, 4.69) is 12.0 Å². The van der Waals surface area contributed by atoms with Crippen LogP contribution < -0.4 is 0 Å². The Bertz CT molecular complexity index is 481. The standard InChI is InChI=1S/C16H27N3O3/c1-4-19-14(5-8-17-19)15(20)18(9-12-21-3)13-16(2)6-10-22-11-7-16/h5,8H,4,6-7,9-13H2,1-3H3. The molecule has 0 spiro atoms. The van der Waals surface area contributed by atoms with Gasteiger partial charge in [0.1, 0.15) is 5.69 Å². The summed E-state index contributed by atoms with van der Waals surface area (Å²) in [5.41, 5.74) is 0.757. The summed E-state index contributed by atoms with van der Waals surface area (Å²) in [6.07, 6.45) is 3.65. The third-order valence-corrected chi connectivity index (χ3v) is 4.36. The number of methoxy groups -OCH3 is 1. The molecule has 1 aliphatic heterocycles. The Hall–Kier alpha value is -1.40. The average Bonchev–Trinajstić information content (AvgIpc) is 3.00. The van der Waals surface area contributed by atoms with E-state index in [4.69, 9.17) is 9.47 Å². The highest BCUT2D eigenvalue weighted by Gasteiger charge is 2.32. The van der Waals surface area contributed by atoms with Gasteiger partial charge in [-0.15, -0.1) is 0 Å². The summed E-state index contributed by atoms with van der Waals surface area (Å²) >= 11 is 0. The largest absolute Gasteiger partial charge is 0.383 e. The van der Waals surface area contributed by atoms with E-state index in [1.165, 1.54) is 0 Å². The van der Waals surface area contributed by atoms with Crippen LogP contribution in [-0.4, -0.2) is 60.6 Å². The molecule has 6 nitrogen and oxygen atoms in total. The van der Waals surface area contributed by atoms with Crippen molar-refractivity contribution in [2.24, 2.45) is 5.41 Å². The van der Waals surface area contributed by atoms with Gasteiger partial charge in [0.15, 0.2) is 0 Å². The highest BCUT2D eigenvalue weighted by molar-refractivity contribution is 5.92. The molecule has 1 aromatic rings. The summed E-state index contributed by atoms with van der Waals surface area (Å²) in [4.78, 5) is 14.8. The monoisotopic (exact) mass is 309 g/mol. The Morgan fingerprint density at radius 1 is 1.50 bits per heavy atom. The molecule has 124 valence electrons. The SMILES string of the molecule is CCn1nccc1C(=O)N(CCOC)CC1(C)CCOCC1. The number of hydrogen-bond donors (Lipinski definition) is 0. The van der Waals surface area contributed by atoms with Gasteiger partial charge in [0.2, 0.25) is 0 Å². The Labute approximate surface area is 132 Å². The van der Waals surface area contributed by atoms with Gasteiger partial charge in [0.05, 0.1) is 6.61 Å². The molecule has 0 unspecified atom stereocenters. The minimum Gasteiger partial charge on any atom is -0.383 e. The second-order valence-corrected chi connectivity index (χ2v) is 6.17. The van der Waals surface area contributed by atoms with E-state index in [0.717, 1.165) is 32.6 Å². The third-order valence-electron chi connectivity index (χ3n) is 4.36. The Kier molecular flexibility index (Phi) is 5.97. The molecule has 0 N–H and O–H groups in total. The van der Waals surface area contributed by atoms with E-state index in [-0.39, 0.29) is 11.3 Å². The lowest BCUT2D eigenvalue weighted by Crippen LogP contribution is -2.44. The van der Waals surface area contributed by atoms with E-state index in [1.807, 2.05) is 11.8 Å². The van der Waals surface area contributed by atoms with Crippen molar-refractivity contribution < 1.29 is 14.3 Å². The molecule has 0 bridgehead atoms. The van der Waals surface area contributed by atoms with Crippen LogP contribution in [0, 0.1) is 5.41 Å². The van der Waals surface area contributed by atoms with Crippen molar-refractivity contribution in [3.05, 3.63) is 18.0 Å². The van der Waals surface area contributed by atoms with Crippen LogP contribution >= 0.6 is 0 Å². The van der Waals surface area contributed by atoms with Crippen molar-refractivity contribution in [2.45, 2.75) is 33.2 Å². The number of carbonyl (C=O) groups excluding carboxylic acids is 1. The molecule has 0 radical (unpaired) electrons. The molecule has 0 atom stereocenters. The van der Waals surface area contributed by atoms with Gasteiger partial charge in [-0.1, -0.05) is 6.92 Å². The Balaban J connectivity index is 2.12. The number of carbonyl (C=O) groups is 1. The van der Waals surface area contributed by atoms with Crippen LogP contribution in [0.3, 0.4) is 0 Å². The smallest absolute Gasteiger partial charge is 0.272 e. The topological polar surface area (TPSA) is 56.6 Å². The molecular formula is C16H27N3O3. The van der Waals surface area contributed by atoms with Crippen LogP contribution in [0.4, 0.5) is 0 Å². The maximum absolute atomic E-state index is 12.9. The summed E-state index contributed by atoms with van der Waals surface area (Å²) in [5, 5.41) is 4.20. The second kappa shape index (κ2) is 7.74. The summed E-state index contributed by atoms with van der Waals surface area (Å²) in [6.45, 7) is 8.33. The number of hydrogen-bond acceptors (Lipinski definition) is 4. The fourth-order valence-electron chi connectivity index (χ4n) is 2.87. The zero-order valence-electron chi connectivity index (χ0n) is 13.9. The molecule has 0 saturated carbocycles. The summed E-state index contributed by atoms with van der Waals surface area (Å²) in [7, 11) is 1.66. The number of aryl methyl sites for hydroxylation is 1. The number of amides is 1. The van der Waals surface area contributed by atoms with Crippen LogP contribution in [0.1, 0.15) is 37.2 Å². The normalized spacial score (nSPS) is 17.4. The fourth-order valence-corrected chi connectivity index (χ4v) is 2.87. The molecule has 2 heterocycles. The first-order chi connectivity index (χ1) is 10.6. The third kappa shape index (κ3) is 4.08. The number of nitrogens with zero attached hydrogens (tertiary/aromatic N) is 3. The van der Waals surface area contributed by atoms with Crippen LogP contribution in [0.2, 0.25) is 0 Å². The minimum atomic E-state index is 0.0316. The molecule has 1 amide bonds. The first kappa shape index (κ1) is 17.0. The molecule has 6 heteroatoms. The molecule has 0 aliphatic carbocycles. The van der Waals surface area contributed by atoms with Gasteiger partial charge in [0, 0.05) is 46.2 Å².